The Morgan fingerprint density at radius 2 is 1.80 bits per heavy atom. The highest BCUT2D eigenvalue weighted by molar-refractivity contribution is 5.82. The Kier molecular flexibility index (Phi) is 4.42. The van der Waals surface area contributed by atoms with E-state index >= 15 is 0 Å². The third kappa shape index (κ3) is 3.93. The van der Waals surface area contributed by atoms with Crippen LogP contribution in [0.25, 0.3) is 0 Å². The third-order valence-corrected chi connectivity index (χ3v) is 4.28. The van der Waals surface area contributed by atoms with Gasteiger partial charge in [-0.1, -0.05) is 0 Å². The first kappa shape index (κ1) is 15.7. The van der Waals surface area contributed by atoms with Gasteiger partial charge in [-0.3, -0.25) is 4.79 Å². The van der Waals surface area contributed by atoms with Crippen molar-refractivity contribution in [1.29, 1.82) is 0 Å². The minimum absolute atomic E-state index is 0.0534. The first-order valence-electron chi connectivity index (χ1n) is 7.57. The molecule has 2 aliphatic rings. The second-order valence-electron chi connectivity index (χ2n) is 7.56. The van der Waals surface area contributed by atoms with Crippen molar-refractivity contribution in [2.75, 3.05) is 13.7 Å². The summed E-state index contributed by atoms with van der Waals surface area (Å²) in [5.74, 6) is 0.114. The predicted molar refractivity (Wildman–Crippen MR) is 79.7 cm³/mol. The van der Waals surface area contributed by atoms with E-state index in [1.54, 1.807) is 7.11 Å². The van der Waals surface area contributed by atoms with Crippen molar-refractivity contribution in [3.05, 3.63) is 0 Å². The van der Waals surface area contributed by atoms with Crippen molar-refractivity contribution in [3.8, 4) is 0 Å². The minimum Gasteiger partial charge on any atom is -0.380 e. The Hall–Kier alpha value is -0.650. The van der Waals surface area contributed by atoms with Crippen LogP contribution >= 0.6 is 0 Å². The fourth-order valence-electron chi connectivity index (χ4n) is 3.81. The smallest absolute Gasteiger partial charge is 0.237 e. The Bertz CT molecular complexity index is 352. The van der Waals surface area contributed by atoms with Gasteiger partial charge in [0.2, 0.25) is 5.91 Å². The third-order valence-electron chi connectivity index (χ3n) is 4.28. The summed E-state index contributed by atoms with van der Waals surface area (Å²) in [6.45, 7) is 9.55. The molecule has 0 aromatic carbocycles. The maximum absolute atomic E-state index is 12.3. The summed E-state index contributed by atoms with van der Waals surface area (Å²) in [6, 6.07) is 0.123. The lowest BCUT2D eigenvalue weighted by Gasteiger charge is -2.46. The van der Waals surface area contributed by atoms with E-state index in [9.17, 15) is 4.79 Å². The molecule has 0 saturated carbocycles. The molecule has 0 spiro atoms. The number of amides is 1. The van der Waals surface area contributed by atoms with Gasteiger partial charge < -0.3 is 20.7 Å². The second-order valence-corrected chi connectivity index (χ2v) is 7.56. The molecule has 0 radical (unpaired) electrons. The van der Waals surface area contributed by atoms with Gasteiger partial charge in [0.05, 0.1) is 12.1 Å². The van der Waals surface area contributed by atoms with Crippen LogP contribution in [0.3, 0.4) is 0 Å². The zero-order valence-corrected chi connectivity index (χ0v) is 13.4. The molecule has 0 bridgehead atoms. The molecule has 2 aliphatic heterocycles. The molecule has 5 nitrogen and oxygen atoms in total. The van der Waals surface area contributed by atoms with Gasteiger partial charge in [-0.15, -0.1) is 0 Å². The Labute approximate surface area is 122 Å². The van der Waals surface area contributed by atoms with Gasteiger partial charge in [-0.2, -0.15) is 0 Å². The van der Waals surface area contributed by atoms with Crippen LogP contribution in [0.5, 0.6) is 0 Å². The summed E-state index contributed by atoms with van der Waals surface area (Å²) in [4.78, 5) is 12.3. The van der Waals surface area contributed by atoms with E-state index in [1.807, 2.05) is 0 Å². The lowest BCUT2D eigenvalue weighted by molar-refractivity contribution is -0.124. The predicted octanol–water partition coefficient (Wildman–Crippen LogP) is 0.789. The zero-order valence-electron chi connectivity index (χ0n) is 13.4. The van der Waals surface area contributed by atoms with Crippen LogP contribution in [-0.4, -0.2) is 48.8 Å². The van der Waals surface area contributed by atoms with Gasteiger partial charge in [0.1, 0.15) is 0 Å². The molecule has 0 aromatic heterocycles. The van der Waals surface area contributed by atoms with Crippen LogP contribution < -0.4 is 16.0 Å². The fraction of sp³-hybridized carbons (Fsp3) is 0.933. The van der Waals surface area contributed by atoms with E-state index in [0.29, 0.717) is 0 Å². The van der Waals surface area contributed by atoms with Crippen LogP contribution in [0.2, 0.25) is 0 Å². The van der Waals surface area contributed by atoms with Crippen molar-refractivity contribution in [1.82, 2.24) is 16.0 Å². The summed E-state index contributed by atoms with van der Waals surface area (Å²) in [5, 5.41) is 10.1. The normalized spacial score (nSPS) is 33.0. The summed E-state index contributed by atoms with van der Waals surface area (Å²) in [7, 11) is 1.70. The molecule has 3 N–H and O–H groups in total. The van der Waals surface area contributed by atoms with Gasteiger partial charge in [0, 0.05) is 30.8 Å². The molecular formula is C15H29N3O2. The molecule has 20 heavy (non-hydrogen) atoms. The van der Waals surface area contributed by atoms with Crippen molar-refractivity contribution in [3.63, 3.8) is 0 Å². The van der Waals surface area contributed by atoms with E-state index in [-0.39, 0.29) is 35.2 Å². The van der Waals surface area contributed by atoms with E-state index < -0.39 is 0 Å². The number of hydrogen-bond acceptors (Lipinski definition) is 4. The molecule has 1 amide bonds. The molecule has 2 unspecified atom stereocenters. The summed E-state index contributed by atoms with van der Waals surface area (Å²) < 4.78 is 5.30. The van der Waals surface area contributed by atoms with Crippen LogP contribution in [0.4, 0.5) is 0 Å². The summed E-state index contributed by atoms with van der Waals surface area (Å²) in [6.07, 6.45) is 2.84. The lowest BCUT2D eigenvalue weighted by Crippen LogP contribution is -2.63. The van der Waals surface area contributed by atoms with E-state index in [2.05, 4.69) is 43.6 Å². The number of nitrogens with one attached hydrogen (secondary N) is 3. The van der Waals surface area contributed by atoms with Gasteiger partial charge in [0.15, 0.2) is 0 Å². The number of carbonyl (C=O) groups excluding carboxylic acids is 1. The van der Waals surface area contributed by atoms with Gasteiger partial charge in [-0.25, -0.2) is 0 Å². The Morgan fingerprint density at radius 3 is 2.30 bits per heavy atom. The second kappa shape index (κ2) is 5.62. The average Bonchev–Trinajstić information content (AvgIpc) is 2.72. The highest BCUT2D eigenvalue weighted by Crippen LogP contribution is 2.28. The zero-order chi connectivity index (χ0) is 15.0. The number of ether oxygens (including phenoxy) is 1. The molecule has 2 fully saturated rings. The molecule has 0 aromatic rings. The quantitative estimate of drug-likeness (QED) is 0.716. The van der Waals surface area contributed by atoms with Crippen molar-refractivity contribution < 1.29 is 9.53 Å². The van der Waals surface area contributed by atoms with E-state index in [1.165, 1.54) is 0 Å². The number of hydrogen-bond donors (Lipinski definition) is 3. The number of methoxy groups -OCH3 is 1. The molecule has 5 heteroatoms. The maximum Gasteiger partial charge on any atom is 0.237 e. The largest absolute Gasteiger partial charge is 0.380 e. The van der Waals surface area contributed by atoms with Gasteiger partial charge in [-0.05, 0) is 47.0 Å². The molecule has 0 aliphatic carbocycles. The van der Waals surface area contributed by atoms with E-state index in [4.69, 9.17) is 4.74 Å². The van der Waals surface area contributed by atoms with Crippen molar-refractivity contribution >= 4 is 5.91 Å². The molecule has 2 atom stereocenters. The SMILES string of the molecule is COC1CNC(C(=O)NC2CC(C)(C)NC(C)(C)C2)C1. The van der Waals surface area contributed by atoms with E-state index in [0.717, 1.165) is 25.8 Å². The van der Waals surface area contributed by atoms with Crippen LogP contribution in [-0.2, 0) is 9.53 Å². The number of piperidine rings is 1. The monoisotopic (exact) mass is 283 g/mol. The van der Waals surface area contributed by atoms with Gasteiger partial charge in [0.25, 0.3) is 0 Å². The highest BCUT2D eigenvalue weighted by atomic mass is 16.5. The highest BCUT2D eigenvalue weighted by Gasteiger charge is 2.39. The molecule has 2 saturated heterocycles. The lowest BCUT2D eigenvalue weighted by atomic mass is 9.79. The van der Waals surface area contributed by atoms with Crippen LogP contribution in [0.15, 0.2) is 0 Å². The topological polar surface area (TPSA) is 62.4 Å². The molecule has 2 rings (SSSR count). The average molecular weight is 283 g/mol. The summed E-state index contributed by atoms with van der Waals surface area (Å²) >= 11 is 0. The molecule has 116 valence electrons. The number of rotatable bonds is 3. The van der Waals surface area contributed by atoms with Crippen molar-refractivity contribution in [2.24, 2.45) is 0 Å². The fourth-order valence-corrected chi connectivity index (χ4v) is 3.81. The van der Waals surface area contributed by atoms with Crippen molar-refractivity contribution in [2.45, 2.75) is 76.2 Å². The molecule has 2 heterocycles. The Morgan fingerprint density at radius 1 is 1.20 bits per heavy atom. The number of carbonyl (C=O) groups is 1. The maximum atomic E-state index is 12.3. The van der Waals surface area contributed by atoms with Crippen LogP contribution in [0.1, 0.15) is 47.0 Å². The first-order chi connectivity index (χ1) is 9.21. The minimum atomic E-state index is -0.110. The van der Waals surface area contributed by atoms with Crippen LogP contribution in [0, 0.1) is 0 Å². The summed E-state index contributed by atoms with van der Waals surface area (Å²) in [5.41, 5.74) is 0.107. The Balaban J connectivity index is 1.91. The molecular weight excluding hydrogens is 254 g/mol. The van der Waals surface area contributed by atoms with Gasteiger partial charge >= 0.3 is 0 Å². The first-order valence-corrected chi connectivity index (χ1v) is 7.57. The standard InChI is InChI=1S/C15H29N3O2/c1-14(2)7-10(8-15(3,4)18-14)17-13(19)12-6-11(20-5)9-16-12/h10-12,16,18H,6-9H2,1-5H3,(H,17,19).